The van der Waals surface area contributed by atoms with E-state index in [1.54, 1.807) is 16.6 Å². The first-order valence-electron chi connectivity index (χ1n) is 8.54. The minimum Gasteiger partial charge on any atom is -0.339 e. The molecule has 1 heterocycles. The molecule has 5 nitrogen and oxygen atoms in total. The third-order valence-electron chi connectivity index (χ3n) is 4.02. The Labute approximate surface area is 147 Å². The Morgan fingerprint density at radius 1 is 1.04 bits per heavy atom. The minimum atomic E-state index is -0.152. The highest BCUT2D eigenvalue weighted by atomic mass is 16.2. The number of carbonyl (C=O) groups is 1. The Bertz CT molecular complexity index is 770. The fourth-order valence-corrected chi connectivity index (χ4v) is 2.59. The maximum absolute atomic E-state index is 12.7. The highest BCUT2D eigenvalue weighted by Gasteiger charge is 2.21. The molecular weight excluding hydrogens is 312 g/mol. The van der Waals surface area contributed by atoms with E-state index < -0.39 is 0 Å². The van der Waals surface area contributed by atoms with Crippen LogP contribution in [-0.4, -0.2) is 39.2 Å². The van der Waals surface area contributed by atoms with Gasteiger partial charge in [0.25, 0.3) is 5.91 Å². The van der Waals surface area contributed by atoms with Crippen molar-refractivity contribution in [1.82, 2.24) is 19.7 Å². The second-order valence-electron chi connectivity index (χ2n) is 5.95. The second-order valence-corrected chi connectivity index (χ2v) is 5.95. The predicted octanol–water partition coefficient (Wildman–Crippen LogP) is 3.81. The van der Waals surface area contributed by atoms with Gasteiger partial charge in [-0.1, -0.05) is 61.9 Å². The molecule has 0 aliphatic rings. The number of benzene rings is 2. The lowest BCUT2D eigenvalue weighted by Gasteiger charge is -2.14. The molecule has 3 rings (SSSR count). The Kier molecular flexibility index (Phi) is 5.23. The van der Waals surface area contributed by atoms with Gasteiger partial charge in [-0.2, -0.15) is 0 Å². The average molecular weight is 334 g/mol. The van der Waals surface area contributed by atoms with Crippen LogP contribution in [0.15, 0.2) is 60.7 Å². The maximum atomic E-state index is 12.7. The van der Waals surface area contributed by atoms with Crippen LogP contribution < -0.4 is 0 Å². The lowest BCUT2D eigenvalue weighted by Crippen LogP contribution is -2.28. The molecule has 0 atom stereocenters. The number of hydrogen-bond acceptors (Lipinski definition) is 3. The number of hydrogen-bond donors (Lipinski definition) is 0. The number of rotatable bonds is 6. The molecule has 2 aromatic carbocycles. The summed E-state index contributed by atoms with van der Waals surface area (Å²) in [6.45, 7) is 2.81. The first kappa shape index (κ1) is 16.9. The van der Waals surface area contributed by atoms with Crippen LogP contribution in [0.1, 0.15) is 30.4 Å². The van der Waals surface area contributed by atoms with Gasteiger partial charge in [-0.15, -0.1) is 5.10 Å². The van der Waals surface area contributed by atoms with Crippen LogP contribution in [0.2, 0.25) is 0 Å². The molecule has 0 aliphatic carbocycles. The molecule has 0 N–H and O–H groups in total. The molecule has 3 aromatic rings. The van der Waals surface area contributed by atoms with Crippen molar-refractivity contribution < 1.29 is 4.79 Å². The summed E-state index contributed by atoms with van der Waals surface area (Å²) in [5.41, 5.74) is 1.80. The quantitative estimate of drug-likeness (QED) is 0.689. The van der Waals surface area contributed by atoms with Gasteiger partial charge in [0.1, 0.15) is 0 Å². The van der Waals surface area contributed by atoms with E-state index in [1.807, 2.05) is 60.7 Å². The van der Waals surface area contributed by atoms with E-state index in [0.717, 1.165) is 24.1 Å². The van der Waals surface area contributed by atoms with E-state index in [9.17, 15) is 4.79 Å². The van der Waals surface area contributed by atoms with Crippen molar-refractivity contribution in [3.63, 3.8) is 0 Å². The van der Waals surface area contributed by atoms with Crippen LogP contribution in [0.5, 0.6) is 0 Å². The van der Waals surface area contributed by atoms with Crippen molar-refractivity contribution in [2.45, 2.75) is 19.8 Å². The Balaban J connectivity index is 2.02. The summed E-state index contributed by atoms with van der Waals surface area (Å²) in [5.74, 6) is 0.737. The standard InChI is InChI=1S/C20H22N4O/c1-3-4-15-23(2)20(25)18-21-19(16-11-7-5-8-12-16)24(22-18)17-13-9-6-10-14-17/h5-14H,3-4,15H2,1-2H3. The Morgan fingerprint density at radius 2 is 1.68 bits per heavy atom. The van der Waals surface area contributed by atoms with E-state index >= 15 is 0 Å². The van der Waals surface area contributed by atoms with Crippen molar-refractivity contribution >= 4 is 5.91 Å². The largest absolute Gasteiger partial charge is 0.339 e. The van der Waals surface area contributed by atoms with Crippen molar-refractivity contribution in [2.75, 3.05) is 13.6 Å². The van der Waals surface area contributed by atoms with Gasteiger partial charge in [0.05, 0.1) is 5.69 Å². The first-order valence-corrected chi connectivity index (χ1v) is 8.54. The van der Waals surface area contributed by atoms with Crippen LogP contribution >= 0.6 is 0 Å². The van der Waals surface area contributed by atoms with Crippen molar-refractivity contribution in [3.8, 4) is 17.1 Å². The number of para-hydroxylation sites is 1. The van der Waals surface area contributed by atoms with E-state index in [0.29, 0.717) is 12.4 Å². The Morgan fingerprint density at radius 3 is 2.32 bits per heavy atom. The zero-order valence-corrected chi connectivity index (χ0v) is 14.6. The lowest BCUT2D eigenvalue weighted by molar-refractivity contribution is 0.0781. The van der Waals surface area contributed by atoms with Crippen molar-refractivity contribution in [2.24, 2.45) is 0 Å². The van der Waals surface area contributed by atoms with Crippen LogP contribution in [-0.2, 0) is 0 Å². The second kappa shape index (κ2) is 7.75. The SMILES string of the molecule is CCCCN(C)C(=O)c1nc(-c2ccccc2)n(-c2ccccc2)n1. The highest BCUT2D eigenvalue weighted by molar-refractivity contribution is 5.90. The third kappa shape index (κ3) is 3.76. The van der Waals surface area contributed by atoms with Crippen molar-refractivity contribution in [1.29, 1.82) is 0 Å². The monoisotopic (exact) mass is 334 g/mol. The smallest absolute Gasteiger partial charge is 0.293 e. The molecule has 0 spiro atoms. The zero-order valence-electron chi connectivity index (χ0n) is 14.6. The normalized spacial score (nSPS) is 10.6. The van der Waals surface area contributed by atoms with E-state index in [-0.39, 0.29) is 11.7 Å². The highest BCUT2D eigenvalue weighted by Crippen LogP contribution is 2.21. The van der Waals surface area contributed by atoms with Crippen LogP contribution in [0.3, 0.4) is 0 Å². The van der Waals surface area contributed by atoms with E-state index in [1.165, 1.54) is 0 Å². The van der Waals surface area contributed by atoms with Gasteiger partial charge in [0, 0.05) is 19.2 Å². The molecule has 5 heteroatoms. The van der Waals surface area contributed by atoms with Crippen LogP contribution in [0.25, 0.3) is 17.1 Å². The molecule has 1 amide bonds. The summed E-state index contributed by atoms with van der Waals surface area (Å²) in [5, 5.41) is 4.50. The van der Waals surface area contributed by atoms with Gasteiger partial charge in [0.15, 0.2) is 5.82 Å². The number of carbonyl (C=O) groups excluding carboxylic acids is 1. The lowest BCUT2D eigenvalue weighted by atomic mass is 10.2. The van der Waals surface area contributed by atoms with Gasteiger partial charge in [-0.25, -0.2) is 9.67 Å². The summed E-state index contributed by atoms with van der Waals surface area (Å²) in [6.07, 6.45) is 2.01. The van der Waals surface area contributed by atoms with Gasteiger partial charge < -0.3 is 4.90 Å². The molecule has 0 saturated carbocycles. The fourth-order valence-electron chi connectivity index (χ4n) is 2.59. The average Bonchev–Trinajstić information content (AvgIpc) is 3.12. The van der Waals surface area contributed by atoms with Gasteiger partial charge >= 0.3 is 0 Å². The molecule has 25 heavy (non-hydrogen) atoms. The molecule has 0 saturated heterocycles. The predicted molar refractivity (Wildman–Crippen MR) is 98.7 cm³/mol. The summed E-state index contributed by atoms with van der Waals surface area (Å²) in [7, 11) is 1.80. The summed E-state index contributed by atoms with van der Waals surface area (Å²) in [4.78, 5) is 18.9. The molecule has 0 aliphatic heterocycles. The molecule has 0 bridgehead atoms. The molecule has 0 fully saturated rings. The summed E-state index contributed by atoms with van der Waals surface area (Å²) < 4.78 is 1.73. The fraction of sp³-hybridized carbons (Fsp3) is 0.250. The van der Waals surface area contributed by atoms with Crippen LogP contribution in [0, 0.1) is 0 Å². The first-order chi connectivity index (χ1) is 12.2. The van der Waals surface area contributed by atoms with Crippen molar-refractivity contribution in [3.05, 3.63) is 66.5 Å². The molecule has 0 unspecified atom stereocenters. The minimum absolute atomic E-state index is 0.152. The maximum Gasteiger partial charge on any atom is 0.293 e. The number of nitrogens with zero attached hydrogens (tertiary/aromatic N) is 4. The zero-order chi connectivity index (χ0) is 17.6. The van der Waals surface area contributed by atoms with E-state index in [2.05, 4.69) is 17.0 Å². The molecule has 0 radical (unpaired) electrons. The number of amides is 1. The van der Waals surface area contributed by atoms with E-state index in [4.69, 9.17) is 0 Å². The number of unbranched alkanes of at least 4 members (excludes halogenated alkanes) is 1. The van der Waals surface area contributed by atoms with Gasteiger partial charge in [-0.3, -0.25) is 4.79 Å². The molecule has 1 aromatic heterocycles. The van der Waals surface area contributed by atoms with Gasteiger partial charge in [-0.05, 0) is 18.6 Å². The molecule has 128 valence electrons. The molecular formula is C20H22N4O. The van der Waals surface area contributed by atoms with Crippen LogP contribution in [0.4, 0.5) is 0 Å². The summed E-state index contributed by atoms with van der Waals surface area (Å²) in [6, 6.07) is 19.6. The van der Waals surface area contributed by atoms with Gasteiger partial charge in [0.2, 0.25) is 5.82 Å². The topological polar surface area (TPSA) is 51.0 Å². The number of aromatic nitrogens is 3. The Hall–Kier alpha value is -2.95. The summed E-state index contributed by atoms with van der Waals surface area (Å²) >= 11 is 0. The third-order valence-corrected chi connectivity index (χ3v) is 4.02.